The topological polar surface area (TPSA) is 83.6 Å². The number of amides is 2. The van der Waals surface area contributed by atoms with Crippen molar-refractivity contribution in [2.75, 3.05) is 13.1 Å². The number of imide groups is 1. The second kappa shape index (κ2) is 7.72. The zero-order valence-electron chi connectivity index (χ0n) is 16.3. The summed E-state index contributed by atoms with van der Waals surface area (Å²) in [7, 11) is -3.68. The molecule has 0 aliphatic carbocycles. The van der Waals surface area contributed by atoms with Gasteiger partial charge in [0.05, 0.1) is 16.0 Å². The van der Waals surface area contributed by atoms with Crippen molar-refractivity contribution >= 4 is 21.8 Å². The van der Waals surface area contributed by atoms with Crippen LogP contribution in [0.3, 0.4) is 0 Å². The number of benzene rings is 2. The summed E-state index contributed by atoms with van der Waals surface area (Å²) in [6.07, 6.45) is 3.72. The molecule has 1 N–H and O–H groups in total. The Morgan fingerprint density at radius 2 is 1.62 bits per heavy atom. The minimum absolute atomic E-state index is 0.0687. The maximum absolute atomic E-state index is 13.0. The summed E-state index contributed by atoms with van der Waals surface area (Å²) in [6, 6.07) is 12.7. The van der Waals surface area contributed by atoms with Crippen LogP contribution in [0.1, 0.15) is 51.1 Å². The number of hydrogen-bond acceptors (Lipinski definition) is 4. The molecule has 2 amide bonds. The molecule has 2 aromatic carbocycles. The summed E-state index contributed by atoms with van der Waals surface area (Å²) in [5, 5.41) is 2.19. The molecule has 0 bridgehead atoms. The van der Waals surface area contributed by atoms with E-state index in [0.29, 0.717) is 19.0 Å². The van der Waals surface area contributed by atoms with Crippen LogP contribution in [0.15, 0.2) is 47.4 Å². The quantitative estimate of drug-likeness (QED) is 0.766. The number of rotatable bonds is 5. The van der Waals surface area contributed by atoms with E-state index in [9.17, 15) is 18.0 Å². The Bertz CT molecular complexity index is 1050. The monoisotopic (exact) mass is 412 g/mol. The van der Waals surface area contributed by atoms with Gasteiger partial charge in [0, 0.05) is 13.1 Å². The maximum Gasteiger partial charge on any atom is 0.258 e. The Balaban J connectivity index is 1.39. The first-order valence-corrected chi connectivity index (χ1v) is 11.3. The molecule has 1 saturated heterocycles. The lowest BCUT2D eigenvalue weighted by Gasteiger charge is -2.31. The van der Waals surface area contributed by atoms with Gasteiger partial charge in [0.15, 0.2) is 0 Å². The van der Waals surface area contributed by atoms with E-state index in [-0.39, 0.29) is 16.0 Å². The number of aryl methyl sites for hydroxylation is 2. The molecule has 0 unspecified atom stereocenters. The number of sulfonamides is 1. The fourth-order valence-corrected chi connectivity index (χ4v) is 5.52. The molecule has 7 heteroatoms. The average Bonchev–Trinajstić information content (AvgIpc) is 3.01. The number of hydrogen-bond donors (Lipinski definition) is 1. The highest BCUT2D eigenvalue weighted by atomic mass is 32.2. The Morgan fingerprint density at radius 3 is 2.31 bits per heavy atom. The van der Waals surface area contributed by atoms with Crippen LogP contribution in [0, 0.1) is 12.8 Å². The first kappa shape index (κ1) is 19.8. The van der Waals surface area contributed by atoms with E-state index in [2.05, 4.69) is 36.5 Å². The third-order valence-electron chi connectivity index (χ3n) is 5.88. The molecule has 152 valence electrons. The molecule has 4 rings (SSSR count). The van der Waals surface area contributed by atoms with Crippen molar-refractivity contribution < 1.29 is 18.0 Å². The molecule has 2 aliphatic rings. The third kappa shape index (κ3) is 3.97. The van der Waals surface area contributed by atoms with Gasteiger partial charge in [-0.05, 0) is 62.3 Å². The van der Waals surface area contributed by atoms with E-state index in [4.69, 9.17) is 0 Å². The van der Waals surface area contributed by atoms with Gasteiger partial charge in [0.2, 0.25) is 10.0 Å². The van der Waals surface area contributed by atoms with Crippen molar-refractivity contribution in [3.8, 4) is 0 Å². The highest BCUT2D eigenvalue weighted by Crippen LogP contribution is 2.28. The van der Waals surface area contributed by atoms with Crippen molar-refractivity contribution in [3.05, 3.63) is 64.7 Å². The highest BCUT2D eigenvalue weighted by Gasteiger charge is 2.32. The summed E-state index contributed by atoms with van der Waals surface area (Å²) in [5.74, 6) is -0.522. The SMILES string of the molecule is Cc1ccc(CCC2CCN(S(=O)(=O)c3ccc4c(c3)C(=O)NC4=O)CC2)cc1. The molecule has 29 heavy (non-hydrogen) atoms. The fourth-order valence-electron chi connectivity index (χ4n) is 4.02. The Kier molecular flexibility index (Phi) is 5.27. The van der Waals surface area contributed by atoms with Gasteiger partial charge in [-0.15, -0.1) is 0 Å². The van der Waals surface area contributed by atoms with Gasteiger partial charge in [-0.25, -0.2) is 8.42 Å². The van der Waals surface area contributed by atoms with Crippen LogP contribution in [-0.2, 0) is 16.4 Å². The van der Waals surface area contributed by atoms with Crippen molar-refractivity contribution in [3.63, 3.8) is 0 Å². The molecule has 0 aromatic heterocycles. The summed E-state index contributed by atoms with van der Waals surface area (Å²) >= 11 is 0. The van der Waals surface area contributed by atoms with E-state index in [0.717, 1.165) is 25.7 Å². The lowest BCUT2D eigenvalue weighted by Crippen LogP contribution is -2.38. The van der Waals surface area contributed by atoms with Gasteiger partial charge in [0.25, 0.3) is 11.8 Å². The molecule has 0 radical (unpaired) electrons. The van der Waals surface area contributed by atoms with E-state index >= 15 is 0 Å². The summed E-state index contributed by atoms with van der Waals surface area (Å²) in [4.78, 5) is 23.6. The number of piperidine rings is 1. The molecular weight excluding hydrogens is 388 g/mol. The van der Waals surface area contributed by atoms with E-state index in [1.165, 1.54) is 33.6 Å². The molecule has 0 atom stereocenters. The summed E-state index contributed by atoms with van der Waals surface area (Å²) in [6.45, 7) is 3.03. The normalized spacial score (nSPS) is 18.0. The number of carbonyl (C=O) groups is 2. The van der Waals surface area contributed by atoms with Crippen LogP contribution >= 0.6 is 0 Å². The summed E-state index contributed by atoms with van der Waals surface area (Å²) < 4.78 is 27.5. The Labute approximate surface area is 171 Å². The standard InChI is InChI=1S/C22H24N2O4S/c1-15-2-4-16(5-3-15)6-7-17-10-12-24(13-11-17)29(27,28)18-8-9-19-20(14-18)22(26)23-21(19)25/h2-5,8-9,14,17H,6-7,10-13H2,1H3,(H,23,25,26). The van der Waals surface area contributed by atoms with Gasteiger partial charge in [-0.2, -0.15) is 4.31 Å². The number of nitrogens with one attached hydrogen (secondary N) is 1. The molecule has 0 spiro atoms. The Hall–Kier alpha value is -2.51. The largest absolute Gasteiger partial charge is 0.288 e. The lowest BCUT2D eigenvalue weighted by atomic mass is 9.91. The lowest BCUT2D eigenvalue weighted by molar-refractivity contribution is 0.0879. The molecule has 1 fully saturated rings. The smallest absolute Gasteiger partial charge is 0.258 e. The van der Waals surface area contributed by atoms with Gasteiger partial charge in [0.1, 0.15) is 0 Å². The van der Waals surface area contributed by atoms with Crippen LogP contribution < -0.4 is 5.32 Å². The second-order valence-electron chi connectivity index (χ2n) is 7.86. The fraction of sp³-hybridized carbons (Fsp3) is 0.364. The van der Waals surface area contributed by atoms with Crippen molar-refractivity contribution in [1.29, 1.82) is 0 Å². The number of carbonyl (C=O) groups excluding carboxylic acids is 2. The zero-order valence-corrected chi connectivity index (χ0v) is 17.2. The van der Waals surface area contributed by atoms with E-state index in [1.54, 1.807) is 0 Å². The average molecular weight is 413 g/mol. The molecule has 0 saturated carbocycles. The van der Waals surface area contributed by atoms with Crippen LogP contribution in [0.2, 0.25) is 0 Å². The molecule has 2 aromatic rings. The first-order chi connectivity index (χ1) is 13.8. The number of fused-ring (bicyclic) bond motifs is 1. The van der Waals surface area contributed by atoms with Gasteiger partial charge >= 0.3 is 0 Å². The minimum Gasteiger partial charge on any atom is -0.288 e. The molecule has 6 nitrogen and oxygen atoms in total. The number of nitrogens with zero attached hydrogens (tertiary/aromatic N) is 1. The molecule has 2 aliphatic heterocycles. The predicted octanol–water partition coefficient (Wildman–Crippen LogP) is 2.91. The van der Waals surface area contributed by atoms with Crippen LogP contribution in [0.25, 0.3) is 0 Å². The van der Waals surface area contributed by atoms with Crippen molar-refractivity contribution in [1.82, 2.24) is 9.62 Å². The van der Waals surface area contributed by atoms with E-state index < -0.39 is 21.8 Å². The highest BCUT2D eigenvalue weighted by molar-refractivity contribution is 7.89. The van der Waals surface area contributed by atoms with Crippen LogP contribution in [0.5, 0.6) is 0 Å². The van der Waals surface area contributed by atoms with Gasteiger partial charge in [-0.3, -0.25) is 14.9 Å². The molecular formula is C22H24N2O4S. The minimum atomic E-state index is -3.68. The zero-order chi connectivity index (χ0) is 20.6. The first-order valence-electron chi connectivity index (χ1n) is 9.90. The van der Waals surface area contributed by atoms with E-state index in [1.807, 2.05) is 0 Å². The van der Waals surface area contributed by atoms with Crippen molar-refractivity contribution in [2.24, 2.45) is 5.92 Å². The maximum atomic E-state index is 13.0. The summed E-state index contributed by atoms with van der Waals surface area (Å²) in [5.41, 5.74) is 2.92. The Morgan fingerprint density at radius 1 is 0.966 bits per heavy atom. The molecule has 2 heterocycles. The van der Waals surface area contributed by atoms with Crippen LogP contribution in [0.4, 0.5) is 0 Å². The van der Waals surface area contributed by atoms with Gasteiger partial charge < -0.3 is 0 Å². The predicted molar refractivity (Wildman–Crippen MR) is 109 cm³/mol. The van der Waals surface area contributed by atoms with Crippen molar-refractivity contribution in [2.45, 2.75) is 37.5 Å². The van der Waals surface area contributed by atoms with Crippen LogP contribution in [-0.4, -0.2) is 37.6 Å². The second-order valence-corrected chi connectivity index (χ2v) is 9.80. The van der Waals surface area contributed by atoms with Gasteiger partial charge in [-0.1, -0.05) is 29.8 Å². The third-order valence-corrected chi connectivity index (χ3v) is 7.78.